The van der Waals surface area contributed by atoms with Gasteiger partial charge in [-0.15, -0.1) is 5.73 Å². The molecule has 0 saturated heterocycles. The Kier molecular flexibility index (Phi) is 3.86. The van der Waals surface area contributed by atoms with Gasteiger partial charge in [0.25, 0.3) is 0 Å². The van der Waals surface area contributed by atoms with E-state index in [1.54, 1.807) is 0 Å². The SMILES string of the molecule is CC(=C=Cc1ccccc1)CBr. The van der Waals surface area contributed by atoms with E-state index < -0.39 is 0 Å². The first-order valence-electron chi connectivity index (χ1n) is 3.86. The van der Waals surface area contributed by atoms with Crippen molar-refractivity contribution in [2.75, 3.05) is 5.33 Å². The third kappa shape index (κ3) is 3.08. The molecule has 0 fully saturated rings. The normalized spacial score (nSPS) is 8.83. The van der Waals surface area contributed by atoms with E-state index in [0.717, 1.165) is 5.33 Å². The Morgan fingerprint density at radius 2 is 2.08 bits per heavy atom. The second-order valence-electron chi connectivity index (χ2n) is 2.61. The molecular weight excluding hydrogens is 212 g/mol. The van der Waals surface area contributed by atoms with Crippen molar-refractivity contribution in [3.8, 4) is 0 Å². The highest BCUT2D eigenvalue weighted by molar-refractivity contribution is 9.09. The third-order valence-electron chi connectivity index (χ3n) is 1.49. The first-order valence-corrected chi connectivity index (χ1v) is 4.98. The largest absolute Gasteiger partial charge is 0.121 e. The minimum Gasteiger partial charge on any atom is -0.121 e. The molecule has 0 unspecified atom stereocenters. The quantitative estimate of drug-likeness (QED) is 0.530. The first kappa shape index (κ1) is 9.31. The predicted octanol–water partition coefficient (Wildman–Crippen LogP) is 3.64. The highest BCUT2D eigenvalue weighted by Crippen LogP contribution is 2.01. The van der Waals surface area contributed by atoms with Crippen LogP contribution in [0.5, 0.6) is 0 Å². The zero-order chi connectivity index (χ0) is 8.81. The van der Waals surface area contributed by atoms with Gasteiger partial charge in [-0.05, 0) is 24.1 Å². The van der Waals surface area contributed by atoms with Gasteiger partial charge in [0, 0.05) is 5.33 Å². The summed E-state index contributed by atoms with van der Waals surface area (Å²) < 4.78 is 0. The molecule has 0 N–H and O–H groups in total. The summed E-state index contributed by atoms with van der Waals surface area (Å²) in [6.07, 6.45) is 2.00. The van der Waals surface area contributed by atoms with Crippen LogP contribution in [0.4, 0.5) is 0 Å². The number of alkyl halides is 1. The molecule has 0 spiro atoms. The third-order valence-corrected chi connectivity index (χ3v) is 2.33. The average molecular weight is 223 g/mol. The van der Waals surface area contributed by atoms with Crippen LogP contribution >= 0.6 is 15.9 Å². The van der Waals surface area contributed by atoms with E-state index in [-0.39, 0.29) is 0 Å². The van der Waals surface area contributed by atoms with Gasteiger partial charge in [-0.3, -0.25) is 0 Å². The van der Waals surface area contributed by atoms with E-state index in [9.17, 15) is 0 Å². The van der Waals surface area contributed by atoms with Crippen LogP contribution in [-0.4, -0.2) is 5.33 Å². The van der Waals surface area contributed by atoms with Gasteiger partial charge in [-0.2, -0.15) is 0 Å². The van der Waals surface area contributed by atoms with Crippen LogP contribution in [0.3, 0.4) is 0 Å². The molecule has 0 atom stereocenters. The van der Waals surface area contributed by atoms with Crippen LogP contribution in [0.25, 0.3) is 6.08 Å². The molecule has 0 heterocycles. The Bertz CT molecular complexity index is 292. The van der Waals surface area contributed by atoms with Gasteiger partial charge in [0.2, 0.25) is 0 Å². The van der Waals surface area contributed by atoms with Crippen molar-refractivity contribution in [2.45, 2.75) is 6.92 Å². The fraction of sp³-hybridized carbons (Fsp3) is 0.182. The Labute approximate surface area is 81.7 Å². The summed E-state index contributed by atoms with van der Waals surface area (Å²) in [6, 6.07) is 10.2. The van der Waals surface area contributed by atoms with Crippen molar-refractivity contribution < 1.29 is 0 Å². The molecule has 0 radical (unpaired) electrons. The molecule has 0 aliphatic heterocycles. The Morgan fingerprint density at radius 3 is 2.67 bits per heavy atom. The standard InChI is InChI=1S/C11H11Br/c1-10(9-12)7-8-11-5-3-2-4-6-11/h2-6,8H,9H2,1H3. The highest BCUT2D eigenvalue weighted by atomic mass is 79.9. The Morgan fingerprint density at radius 1 is 1.42 bits per heavy atom. The molecule has 62 valence electrons. The number of hydrogen-bond acceptors (Lipinski definition) is 0. The molecule has 0 amide bonds. The van der Waals surface area contributed by atoms with Crippen molar-refractivity contribution in [1.29, 1.82) is 0 Å². The van der Waals surface area contributed by atoms with Gasteiger partial charge in [0.15, 0.2) is 0 Å². The topological polar surface area (TPSA) is 0 Å². The lowest BCUT2D eigenvalue weighted by Gasteiger charge is -1.88. The fourth-order valence-corrected chi connectivity index (χ4v) is 0.956. The lowest BCUT2D eigenvalue weighted by atomic mass is 10.2. The molecule has 0 aromatic heterocycles. The van der Waals surface area contributed by atoms with Crippen molar-refractivity contribution in [2.24, 2.45) is 0 Å². The van der Waals surface area contributed by atoms with Gasteiger partial charge in [0.05, 0.1) is 0 Å². The maximum absolute atomic E-state index is 3.37. The summed E-state index contributed by atoms with van der Waals surface area (Å²) in [5.41, 5.74) is 5.59. The van der Waals surface area contributed by atoms with Crippen LogP contribution in [-0.2, 0) is 0 Å². The summed E-state index contributed by atoms with van der Waals surface area (Å²) in [6.45, 7) is 2.05. The smallest absolute Gasteiger partial charge is 0.0315 e. The van der Waals surface area contributed by atoms with Crippen LogP contribution in [0.15, 0.2) is 41.6 Å². The van der Waals surface area contributed by atoms with E-state index in [0.29, 0.717) is 0 Å². The maximum Gasteiger partial charge on any atom is 0.0315 e. The van der Waals surface area contributed by atoms with Crippen LogP contribution in [0, 0.1) is 0 Å². The molecule has 1 aromatic carbocycles. The van der Waals surface area contributed by atoms with E-state index in [1.165, 1.54) is 11.1 Å². The second kappa shape index (κ2) is 4.97. The molecule has 1 heteroatoms. The molecule has 0 aliphatic rings. The Balaban J connectivity index is 2.83. The number of halogens is 1. The number of hydrogen-bond donors (Lipinski definition) is 0. The molecule has 0 saturated carbocycles. The molecule has 12 heavy (non-hydrogen) atoms. The zero-order valence-electron chi connectivity index (χ0n) is 7.05. The summed E-state index contributed by atoms with van der Waals surface area (Å²) in [4.78, 5) is 0. The molecule has 0 bridgehead atoms. The van der Waals surface area contributed by atoms with Crippen molar-refractivity contribution in [3.63, 3.8) is 0 Å². The van der Waals surface area contributed by atoms with Gasteiger partial charge in [0.1, 0.15) is 0 Å². The van der Waals surface area contributed by atoms with Gasteiger partial charge in [-0.25, -0.2) is 0 Å². The lowest BCUT2D eigenvalue weighted by molar-refractivity contribution is 1.44. The monoisotopic (exact) mass is 222 g/mol. The fourth-order valence-electron chi connectivity index (χ4n) is 0.794. The van der Waals surface area contributed by atoms with Crippen molar-refractivity contribution >= 4 is 22.0 Å². The van der Waals surface area contributed by atoms with E-state index >= 15 is 0 Å². The lowest BCUT2D eigenvalue weighted by Crippen LogP contribution is -1.71. The molecule has 1 rings (SSSR count). The van der Waals surface area contributed by atoms with E-state index in [2.05, 4.69) is 33.8 Å². The first-order chi connectivity index (χ1) is 5.83. The highest BCUT2D eigenvalue weighted by Gasteiger charge is 1.82. The van der Waals surface area contributed by atoms with Crippen LogP contribution in [0.2, 0.25) is 0 Å². The summed E-state index contributed by atoms with van der Waals surface area (Å²) >= 11 is 3.37. The van der Waals surface area contributed by atoms with E-state index in [1.807, 2.05) is 31.2 Å². The number of allylic oxidation sites excluding steroid dienone is 1. The summed E-state index contributed by atoms with van der Waals surface area (Å²) in [5, 5.41) is 0.885. The number of benzene rings is 1. The molecule has 0 aliphatic carbocycles. The van der Waals surface area contributed by atoms with Gasteiger partial charge < -0.3 is 0 Å². The Hall–Kier alpha value is -0.780. The minimum absolute atomic E-state index is 0.885. The van der Waals surface area contributed by atoms with Crippen LogP contribution in [0.1, 0.15) is 12.5 Å². The maximum atomic E-state index is 3.37. The van der Waals surface area contributed by atoms with Gasteiger partial charge >= 0.3 is 0 Å². The number of rotatable bonds is 2. The minimum atomic E-state index is 0.885. The van der Waals surface area contributed by atoms with Gasteiger partial charge in [-0.1, -0.05) is 46.3 Å². The molecule has 0 nitrogen and oxygen atoms in total. The van der Waals surface area contributed by atoms with E-state index in [4.69, 9.17) is 0 Å². The second-order valence-corrected chi connectivity index (χ2v) is 3.17. The summed E-state index contributed by atoms with van der Waals surface area (Å²) in [7, 11) is 0. The average Bonchev–Trinajstić information content (AvgIpc) is 2.16. The zero-order valence-corrected chi connectivity index (χ0v) is 8.64. The van der Waals surface area contributed by atoms with Crippen molar-refractivity contribution in [3.05, 3.63) is 47.2 Å². The summed E-state index contributed by atoms with van der Waals surface area (Å²) in [5.74, 6) is 0. The molecular formula is C11H11Br. The molecule has 1 aromatic rings. The predicted molar refractivity (Wildman–Crippen MR) is 57.4 cm³/mol. The van der Waals surface area contributed by atoms with Crippen molar-refractivity contribution in [1.82, 2.24) is 0 Å². The van der Waals surface area contributed by atoms with Crippen LogP contribution < -0.4 is 0 Å².